The van der Waals surface area contributed by atoms with Crippen LogP contribution in [0.3, 0.4) is 0 Å². The second-order valence-electron chi connectivity index (χ2n) is 11.2. The van der Waals surface area contributed by atoms with Crippen LogP contribution in [-0.2, 0) is 18.9 Å². The standard InChI is InChI=1S/C33H28FN5O5/c1-33(24-7-5-20(17-35)15-25(24)34)43-28-4-2-3-23(31(28)44-33)21-9-12-38(13-10-21)18-29-37-26-8-6-22(32(40)41)16-27(26)39(29)19-30-36-11-14-42-30/h2-8,11,14-16,21H,9-10,12-13,18-19H2,1H3,(H,40,41)/p-1. The average molecular weight is 593 g/mol. The number of piperidine rings is 1. The van der Waals surface area contributed by atoms with Crippen LogP contribution in [0.25, 0.3) is 11.0 Å². The number of aromatic nitrogens is 3. The summed E-state index contributed by atoms with van der Waals surface area (Å²) >= 11 is 0. The third-order valence-corrected chi connectivity index (χ3v) is 8.43. The van der Waals surface area contributed by atoms with E-state index in [1.807, 2.05) is 28.8 Å². The number of carboxylic acids is 1. The van der Waals surface area contributed by atoms with Crippen molar-refractivity contribution in [2.24, 2.45) is 0 Å². The lowest BCUT2D eigenvalue weighted by Crippen LogP contribution is -2.34. The van der Waals surface area contributed by atoms with Gasteiger partial charge in [-0.05, 0) is 73.8 Å². The van der Waals surface area contributed by atoms with E-state index in [1.165, 1.54) is 24.5 Å². The Morgan fingerprint density at radius 2 is 1.98 bits per heavy atom. The lowest BCUT2D eigenvalue weighted by atomic mass is 9.88. The molecule has 0 saturated carbocycles. The van der Waals surface area contributed by atoms with Crippen LogP contribution in [0.2, 0.25) is 0 Å². The zero-order chi connectivity index (χ0) is 30.4. The lowest BCUT2D eigenvalue weighted by molar-refractivity contribution is -0.255. The van der Waals surface area contributed by atoms with E-state index >= 15 is 0 Å². The molecule has 0 radical (unpaired) electrons. The van der Waals surface area contributed by atoms with Crippen molar-refractivity contribution in [2.75, 3.05) is 13.1 Å². The van der Waals surface area contributed by atoms with Crippen molar-refractivity contribution in [1.82, 2.24) is 19.4 Å². The number of carbonyl (C=O) groups is 1. The van der Waals surface area contributed by atoms with E-state index in [1.54, 1.807) is 31.3 Å². The molecule has 0 spiro atoms. The lowest BCUT2D eigenvalue weighted by Gasteiger charge is -2.32. The molecule has 4 heterocycles. The molecule has 1 atom stereocenters. The number of benzene rings is 3. The molecule has 44 heavy (non-hydrogen) atoms. The summed E-state index contributed by atoms with van der Waals surface area (Å²) in [6, 6.07) is 16.8. The van der Waals surface area contributed by atoms with Gasteiger partial charge in [-0.3, -0.25) is 4.90 Å². The fourth-order valence-electron chi connectivity index (χ4n) is 6.20. The first-order chi connectivity index (χ1) is 21.3. The number of halogens is 1. The van der Waals surface area contributed by atoms with Crippen molar-refractivity contribution >= 4 is 17.0 Å². The number of hydrogen-bond donors (Lipinski definition) is 0. The zero-order valence-electron chi connectivity index (χ0n) is 23.8. The van der Waals surface area contributed by atoms with Gasteiger partial charge in [0.05, 0.1) is 46.9 Å². The Kier molecular flexibility index (Phi) is 6.78. The monoisotopic (exact) mass is 592 g/mol. The third-order valence-electron chi connectivity index (χ3n) is 8.43. The Bertz CT molecular complexity index is 1920. The molecule has 11 heteroatoms. The summed E-state index contributed by atoms with van der Waals surface area (Å²) in [6.45, 7) is 4.15. The van der Waals surface area contributed by atoms with Gasteiger partial charge in [0.15, 0.2) is 11.5 Å². The van der Waals surface area contributed by atoms with E-state index in [0.717, 1.165) is 37.3 Å². The Morgan fingerprint density at radius 3 is 2.70 bits per heavy atom. The molecule has 5 aromatic rings. The predicted octanol–water partition coefficient (Wildman–Crippen LogP) is 4.47. The molecular weight excluding hydrogens is 565 g/mol. The van der Waals surface area contributed by atoms with Gasteiger partial charge >= 0.3 is 0 Å². The highest BCUT2D eigenvalue weighted by molar-refractivity contribution is 5.91. The van der Waals surface area contributed by atoms with Crippen LogP contribution in [0.4, 0.5) is 4.39 Å². The molecule has 1 unspecified atom stereocenters. The van der Waals surface area contributed by atoms with Crippen LogP contribution in [-0.4, -0.2) is 38.5 Å². The number of aromatic carboxylic acids is 1. The Labute approximate surface area is 251 Å². The van der Waals surface area contributed by atoms with E-state index in [-0.39, 0.29) is 22.6 Å². The molecule has 0 bridgehead atoms. The molecule has 1 saturated heterocycles. The molecule has 2 aliphatic rings. The molecule has 10 nitrogen and oxygen atoms in total. The number of hydrogen-bond acceptors (Lipinski definition) is 9. The number of nitrogens with zero attached hydrogens (tertiary/aromatic N) is 5. The zero-order valence-corrected chi connectivity index (χ0v) is 23.8. The Morgan fingerprint density at radius 1 is 1.14 bits per heavy atom. The SMILES string of the molecule is CC1(c2ccc(C#N)cc2F)Oc2cccc(C3CCN(Cc4nc5ccc(C(=O)[O-])cc5n4Cc4ncco4)CC3)c2O1. The summed E-state index contributed by atoms with van der Waals surface area (Å²) in [5.41, 5.74) is 2.92. The first-order valence-corrected chi connectivity index (χ1v) is 14.3. The van der Waals surface area contributed by atoms with Crippen LogP contribution in [0, 0.1) is 17.1 Å². The highest BCUT2D eigenvalue weighted by Gasteiger charge is 2.43. The van der Waals surface area contributed by atoms with E-state index in [2.05, 4.69) is 9.88 Å². The number of para-hydroxylation sites is 1. The molecule has 0 amide bonds. The largest absolute Gasteiger partial charge is 0.545 e. The summed E-state index contributed by atoms with van der Waals surface area (Å²) < 4.78 is 34.8. The second-order valence-corrected chi connectivity index (χ2v) is 11.2. The number of likely N-dealkylation sites (tertiary alicyclic amines) is 1. The number of nitriles is 1. The maximum absolute atomic E-state index is 14.9. The highest BCUT2D eigenvalue weighted by Crippen LogP contribution is 2.49. The molecule has 7 rings (SSSR count). The number of imidazole rings is 1. The van der Waals surface area contributed by atoms with E-state index in [0.29, 0.717) is 41.5 Å². The minimum Gasteiger partial charge on any atom is -0.545 e. The molecular formula is C33H27FN5O5-. The number of carbonyl (C=O) groups excluding carboxylic acids is 1. The molecule has 222 valence electrons. The van der Waals surface area contributed by atoms with Crippen molar-refractivity contribution in [1.29, 1.82) is 5.26 Å². The molecule has 3 aromatic carbocycles. The Hall–Kier alpha value is -5.21. The van der Waals surface area contributed by atoms with Crippen LogP contribution >= 0.6 is 0 Å². The van der Waals surface area contributed by atoms with Gasteiger partial charge in [-0.1, -0.05) is 18.2 Å². The second kappa shape index (κ2) is 10.8. The maximum atomic E-state index is 14.9. The normalized spacial score (nSPS) is 18.5. The van der Waals surface area contributed by atoms with Crippen molar-refractivity contribution in [3.63, 3.8) is 0 Å². The van der Waals surface area contributed by atoms with Gasteiger partial charge in [0.1, 0.15) is 24.4 Å². The van der Waals surface area contributed by atoms with E-state index < -0.39 is 17.6 Å². The van der Waals surface area contributed by atoms with Gasteiger partial charge < -0.3 is 28.4 Å². The summed E-state index contributed by atoms with van der Waals surface area (Å²) in [4.78, 5) is 22.9. The number of oxazole rings is 1. The van der Waals surface area contributed by atoms with Crippen molar-refractivity contribution in [3.8, 4) is 17.6 Å². The molecule has 0 N–H and O–H groups in total. The van der Waals surface area contributed by atoms with Gasteiger partial charge in [-0.2, -0.15) is 5.26 Å². The molecule has 1 fully saturated rings. The summed E-state index contributed by atoms with van der Waals surface area (Å²) in [6.07, 6.45) is 4.79. The molecule has 0 aliphatic carbocycles. The van der Waals surface area contributed by atoms with Crippen LogP contribution < -0.4 is 14.6 Å². The van der Waals surface area contributed by atoms with Gasteiger partial charge in [0.25, 0.3) is 5.79 Å². The van der Waals surface area contributed by atoms with Crippen molar-refractivity contribution in [2.45, 2.75) is 44.6 Å². The summed E-state index contributed by atoms with van der Waals surface area (Å²) in [5, 5.41) is 20.7. The van der Waals surface area contributed by atoms with Crippen molar-refractivity contribution in [3.05, 3.63) is 107 Å². The summed E-state index contributed by atoms with van der Waals surface area (Å²) in [7, 11) is 0. The van der Waals surface area contributed by atoms with Crippen LogP contribution in [0.15, 0.2) is 71.5 Å². The Balaban J connectivity index is 1.09. The van der Waals surface area contributed by atoms with Crippen molar-refractivity contribution < 1.29 is 28.2 Å². The summed E-state index contributed by atoms with van der Waals surface area (Å²) in [5.74, 6) is -0.491. The smallest absolute Gasteiger partial charge is 0.278 e. The fraction of sp³-hybridized carbons (Fsp3) is 0.273. The molecule has 2 aliphatic heterocycles. The predicted molar refractivity (Wildman–Crippen MR) is 153 cm³/mol. The van der Waals surface area contributed by atoms with Gasteiger partial charge in [-0.15, -0.1) is 0 Å². The van der Waals surface area contributed by atoms with E-state index in [4.69, 9.17) is 24.1 Å². The highest BCUT2D eigenvalue weighted by atomic mass is 19.1. The average Bonchev–Trinajstić information content (AvgIpc) is 3.75. The topological polar surface area (TPSA) is 129 Å². The minimum atomic E-state index is -1.35. The maximum Gasteiger partial charge on any atom is 0.278 e. The van der Waals surface area contributed by atoms with Crippen LogP contribution in [0.5, 0.6) is 11.5 Å². The van der Waals surface area contributed by atoms with Crippen LogP contribution in [0.1, 0.15) is 64.4 Å². The van der Waals surface area contributed by atoms with Gasteiger partial charge in [0.2, 0.25) is 5.89 Å². The van der Waals surface area contributed by atoms with Gasteiger partial charge in [0, 0.05) is 12.5 Å². The quantitative estimate of drug-likeness (QED) is 0.269. The molecule has 2 aromatic heterocycles. The number of fused-ring (bicyclic) bond motifs is 2. The number of rotatable bonds is 7. The first kappa shape index (κ1) is 27.6. The first-order valence-electron chi connectivity index (χ1n) is 14.3. The number of ether oxygens (including phenoxy) is 2. The fourth-order valence-corrected chi connectivity index (χ4v) is 6.20. The number of carboxylic acid groups (broad SMARTS) is 1. The minimum absolute atomic E-state index is 0.0815. The van der Waals surface area contributed by atoms with Gasteiger partial charge in [-0.25, -0.2) is 14.4 Å². The third kappa shape index (κ3) is 4.93. The van der Waals surface area contributed by atoms with E-state index in [9.17, 15) is 14.3 Å².